The molecule has 110 valence electrons. The Balaban J connectivity index is 1.93. The average molecular weight is 311 g/mol. The molecule has 0 radical (unpaired) electrons. The third-order valence-corrected chi connectivity index (χ3v) is 4.08. The number of H-pyrrole nitrogens is 1. The van der Waals surface area contributed by atoms with Crippen molar-refractivity contribution in [3.05, 3.63) is 30.0 Å². The largest absolute Gasteiger partial charge is 0.478 e. The summed E-state index contributed by atoms with van der Waals surface area (Å²) >= 11 is 0. The van der Waals surface area contributed by atoms with Crippen molar-refractivity contribution >= 4 is 21.7 Å². The highest BCUT2D eigenvalue weighted by atomic mass is 32.2. The topological polar surface area (TPSA) is 131 Å². The number of carbonyl (C=O) groups is 1. The maximum Gasteiger partial charge on any atom is 0.340 e. The smallest absolute Gasteiger partial charge is 0.340 e. The number of hydrogen-bond acceptors (Lipinski definition) is 6. The van der Waals surface area contributed by atoms with Crippen LogP contribution in [0.2, 0.25) is 0 Å². The number of carboxylic acid groups (broad SMARTS) is 1. The summed E-state index contributed by atoms with van der Waals surface area (Å²) < 4.78 is 36.8. The first kappa shape index (κ1) is 13.2. The number of aromatic nitrogens is 2. The number of aromatic carboxylic acids is 1. The van der Waals surface area contributed by atoms with Crippen LogP contribution in [0.4, 0.5) is 5.69 Å². The second-order valence-corrected chi connectivity index (χ2v) is 5.71. The monoisotopic (exact) mass is 311 g/mol. The summed E-state index contributed by atoms with van der Waals surface area (Å²) in [6, 6.07) is 4.46. The van der Waals surface area contributed by atoms with Crippen LogP contribution in [0.5, 0.6) is 11.5 Å². The van der Waals surface area contributed by atoms with Gasteiger partial charge in [-0.1, -0.05) is 0 Å². The van der Waals surface area contributed by atoms with Gasteiger partial charge in [0, 0.05) is 6.07 Å². The standard InChI is InChI=1S/C11H9N3O6S/c15-11(16)7-4-12-13-10(7)21(17,18)14-6-1-2-8-9(3-6)20-5-19-8/h1-4,14H,5H2,(H,12,13)(H,15,16). The Morgan fingerprint density at radius 2 is 2.10 bits per heavy atom. The van der Waals surface area contributed by atoms with Crippen LogP contribution in [-0.2, 0) is 10.0 Å². The average Bonchev–Trinajstić information content (AvgIpc) is 3.06. The van der Waals surface area contributed by atoms with Gasteiger partial charge < -0.3 is 14.6 Å². The molecule has 21 heavy (non-hydrogen) atoms. The Morgan fingerprint density at radius 1 is 1.33 bits per heavy atom. The lowest BCUT2D eigenvalue weighted by Gasteiger charge is -2.07. The van der Waals surface area contributed by atoms with Crippen LogP contribution in [0.25, 0.3) is 0 Å². The number of benzene rings is 1. The summed E-state index contributed by atoms with van der Waals surface area (Å²) in [6.45, 7) is 0.0647. The first-order chi connectivity index (χ1) is 9.97. The Labute approximate surface area is 118 Å². The lowest BCUT2D eigenvalue weighted by atomic mass is 10.3. The molecule has 0 aliphatic carbocycles. The van der Waals surface area contributed by atoms with Crippen LogP contribution < -0.4 is 14.2 Å². The Morgan fingerprint density at radius 3 is 2.86 bits per heavy atom. The van der Waals surface area contributed by atoms with Crippen LogP contribution in [0.3, 0.4) is 0 Å². The van der Waals surface area contributed by atoms with Gasteiger partial charge in [-0.05, 0) is 12.1 Å². The molecule has 0 atom stereocenters. The van der Waals surface area contributed by atoms with Gasteiger partial charge in [0.25, 0.3) is 10.0 Å². The van der Waals surface area contributed by atoms with Crippen molar-refractivity contribution in [2.45, 2.75) is 5.03 Å². The van der Waals surface area contributed by atoms with E-state index < -0.39 is 26.6 Å². The highest BCUT2D eigenvalue weighted by Gasteiger charge is 2.25. The highest BCUT2D eigenvalue weighted by molar-refractivity contribution is 7.92. The van der Waals surface area contributed by atoms with Crippen molar-refractivity contribution < 1.29 is 27.8 Å². The predicted molar refractivity (Wildman–Crippen MR) is 68.9 cm³/mol. The number of nitrogens with one attached hydrogen (secondary N) is 2. The van der Waals surface area contributed by atoms with Crippen molar-refractivity contribution in [2.75, 3.05) is 11.5 Å². The fourth-order valence-corrected chi connectivity index (χ4v) is 2.94. The van der Waals surface area contributed by atoms with Crippen LogP contribution in [0, 0.1) is 0 Å². The highest BCUT2D eigenvalue weighted by Crippen LogP contribution is 2.34. The molecular weight excluding hydrogens is 302 g/mol. The molecule has 3 rings (SSSR count). The van der Waals surface area contributed by atoms with E-state index in [2.05, 4.69) is 14.9 Å². The number of ether oxygens (including phenoxy) is 2. The van der Waals surface area contributed by atoms with Crippen LogP contribution in [0.1, 0.15) is 10.4 Å². The minimum atomic E-state index is -4.11. The third kappa shape index (κ3) is 2.36. The molecule has 2 aromatic rings. The molecular formula is C11H9N3O6S. The molecule has 10 heteroatoms. The van der Waals surface area contributed by atoms with E-state index in [9.17, 15) is 13.2 Å². The fraction of sp³-hybridized carbons (Fsp3) is 0.0909. The quantitative estimate of drug-likeness (QED) is 0.755. The van der Waals surface area contributed by atoms with Gasteiger partial charge in [0.1, 0.15) is 5.56 Å². The number of rotatable bonds is 4. The molecule has 0 fully saturated rings. The first-order valence-corrected chi connectivity index (χ1v) is 7.15. The Bertz CT molecular complexity index is 813. The van der Waals surface area contributed by atoms with Crippen molar-refractivity contribution in [3.63, 3.8) is 0 Å². The lowest BCUT2D eigenvalue weighted by Crippen LogP contribution is -2.16. The zero-order valence-corrected chi connectivity index (χ0v) is 11.2. The van der Waals surface area contributed by atoms with E-state index in [1.165, 1.54) is 12.1 Å². The number of hydrogen-bond donors (Lipinski definition) is 3. The summed E-state index contributed by atoms with van der Waals surface area (Å²) in [4.78, 5) is 10.9. The van der Waals surface area contributed by atoms with Crippen molar-refractivity contribution in [3.8, 4) is 11.5 Å². The SMILES string of the molecule is O=C(O)c1cn[nH]c1S(=O)(=O)Nc1ccc2c(c1)OCO2. The molecule has 0 unspecified atom stereocenters. The molecule has 0 bridgehead atoms. The van der Waals surface area contributed by atoms with Gasteiger partial charge in [0.2, 0.25) is 6.79 Å². The normalized spacial score (nSPS) is 13.1. The molecule has 9 nitrogen and oxygen atoms in total. The number of nitrogens with zero attached hydrogens (tertiary/aromatic N) is 1. The van der Waals surface area contributed by atoms with Gasteiger partial charge in [0.15, 0.2) is 16.5 Å². The van der Waals surface area contributed by atoms with E-state index in [-0.39, 0.29) is 12.5 Å². The van der Waals surface area contributed by atoms with Crippen LogP contribution >= 0.6 is 0 Å². The van der Waals surface area contributed by atoms with E-state index in [0.29, 0.717) is 11.5 Å². The van der Waals surface area contributed by atoms with Gasteiger partial charge in [-0.3, -0.25) is 9.82 Å². The number of aromatic amines is 1. The molecule has 0 saturated heterocycles. The molecule has 0 spiro atoms. The summed E-state index contributed by atoms with van der Waals surface area (Å²) in [7, 11) is -4.11. The fourth-order valence-electron chi connectivity index (χ4n) is 1.80. The van der Waals surface area contributed by atoms with E-state index in [1.54, 1.807) is 6.07 Å². The van der Waals surface area contributed by atoms with E-state index in [4.69, 9.17) is 14.6 Å². The first-order valence-electron chi connectivity index (χ1n) is 5.66. The summed E-state index contributed by atoms with van der Waals surface area (Å²) in [6.07, 6.45) is 0.927. The van der Waals surface area contributed by atoms with E-state index in [1.807, 2.05) is 0 Å². The van der Waals surface area contributed by atoms with E-state index in [0.717, 1.165) is 6.20 Å². The van der Waals surface area contributed by atoms with Crippen LogP contribution in [0.15, 0.2) is 29.4 Å². The maximum atomic E-state index is 12.2. The minimum absolute atomic E-state index is 0.0647. The lowest BCUT2D eigenvalue weighted by molar-refractivity contribution is 0.0692. The van der Waals surface area contributed by atoms with Gasteiger partial charge >= 0.3 is 5.97 Å². The predicted octanol–water partition coefficient (Wildman–Crippen LogP) is 0.637. The summed E-state index contributed by atoms with van der Waals surface area (Å²) in [5, 5.41) is 14.0. The molecule has 3 N–H and O–H groups in total. The molecule has 0 amide bonds. The zero-order chi connectivity index (χ0) is 15.0. The van der Waals surface area contributed by atoms with Crippen molar-refractivity contribution in [1.29, 1.82) is 0 Å². The second kappa shape index (κ2) is 4.66. The minimum Gasteiger partial charge on any atom is -0.478 e. The van der Waals surface area contributed by atoms with Gasteiger partial charge in [-0.15, -0.1) is 0 Å². The molecule has 0 saturated carbocycles. The van der Waals surface area contributed by atoms with Gasteiger partial charge in [0.05, 0.1) is 11.9 Å². The second-order valence-electron chi connectivity index (χ2n) is 4.09. The van der Waals surface area contributed by atoms with Gasteiger partial charge in [-0.25, -0.2) is 4.79 Å². The van der Waals surface area contributed by atoms with Crippen LogP contribution in [-0.4, -0.2) is 36.5 Å². The zero-order valence-electron chi connectivity index (χ0n) is 10.4. The van der Waals surface area contributed by atoms with Crippen molar-refractivity contribution in [2.24, 2.45) is 0 Å². The summed E-state index contributed by atoms with van der Waals surface area (Å²) in [5.74, 6) is -0.487. The Hall–Kier alpha value is -2.75. The number of sulfonamides is 1. The Kier molecular flexibility index (Phi) is 2.94. The molecule has 2 heterocycles. The molecule has 1 aliphatic rings. The number of carboxylic acids is 1. The number of anilines is 1. The van der Waals surface area contributed by atoms with E-state index >= 15 is 0 Å². The maximum absolute atomic E-state index is 12.2. The third-order valence-electron chi connectivity index (χ3n) is 2.73. The number of fused-ring (bicyclic) bond motifs is 1. The molecule has 1 aromatic carbocycles. The summed E-state index contributed by atoms with van der Waals surface area (Å²) in [5.41, 5.74) is -0.228. The molecule has 1 aliphatic heterocycles. The van der Waals surface area contributed by atoms with Gasteiger partial charge in [-0.2, -0.15) is 13.5 Å². The molecule has 1 aromatic heterocycles. The van der Waals surface area contributed by atoms with Crippen molar-refractivity contribution in [1.82, 2.24) is 10.2 Å².